The maximum absolute atomic E-state index is 13.4. The van der Waals surface area contributed by atoms with Gasteiger partial charge in [0.05, 0.1) is 19.1 Å². The lowest BCUT2D eigenvalue weighted by Gasteiger charge is -2.24. The van der Waals surface area contributed by atoms with E-state index in [0.717, 1.165) is 27.4 Å². The normalized spacial score (nSPS) is 14.0. The standard InChI is InChI=1S/C29H33N7O7/c30-19(9-15-12-32-20-7-3-1-5-17(15)20)26(39)34-23(11-25(31)38)28(41)35-22(27(40)36-24(14-37)29(42)43)10-16-13-33-21-8-4-2-6-18(16)21/h1-8,12-13,19,22-24,32-33,37H,9-11,14,30H2,(H2,31,38)(H,34,39)(H,35,41)(H,36,40)(H,42,43). The third-order valence-corrected chi connectivity index (χ3v) is 7.02. The second-order valence-corrected chi connectivity index (χ2v) is 10.1. The number of aliphatic hydroxyl groups excluding tert-OH is 1. The molecule has 0 aliphatic heterocycles. The molecule has 4 unspecified atom stereocenters. The smallest absolute Gasteiger partial charge is 0.328 e. The van der Waals surface area contributed by atoms with Crippen molar-refractivity contribution in [3.05, 3.63) is 72.1 Å². The number of aromatic nitrogens is 2. The number of hydrogen-bond acceptors (Lipinski definition) is 7. The number of aliphatic carboxylic acids is 1. The number of hydrogen-bond donors (Lipinski definition) is 9. The molecule has 43 heavy (non-hydrogen) atoms. The summed E-state index contributed by atoms with van der Waals surface area (Å²) >= 11 is 0. The first kappa shape index (κ1) is 30.7. The van der Waals surface area contributed by atoms with Gasteiger partial charge in [-0.05, 0) is 29.7 Å². The Labute approximate surface area is 245 Å². The van der Waals surface area contributed by atoms with Gasteiger partial charge in [-0.15, -0.1) is 0 Å². The number of amides is 4. The van der Waals surface area contributed by atoms with E-state index in [9.17, 15) is 34.2 Å². The van der Waals surface area contributed by atoms with Gasteiger partial charge in [-0.2, -0.15) is 0 Å². The summed E-state index contributed by atoms with van der Waals surface area (Å²) in [5.41, 5.74) is 14.5. The predicted octanol–water partition coefficient (Wildman–Crippen LogP) is -0.832. The number of fused-ring (bicyclic) bond motifs is 2. The lowest BCUT2D eigenvalue weighted by Crippen LogP contribution is -2.58. The van der Waals surface area contributed by atoms with E-state index in [4.69, 9.17) is 11.5 Å². The number of carboxylic acids is 1. The van der Waals surface area contributed by atoms with Crippen LogP contribution in [0.3, 0.4) is 0 Å². The molecule has 2 aromatic carbocycles. The quantitative estimate of drug-likeness (QED) is 0.0893. The highest BCUT2D eigenvalue weighted by Crippen LogP contribution is 2.20. The van der Waals surface area contributed by atoms with Crippen molar-refractivity contribution >= 4 is 51.4 Å². The molecular formula is C29H33N7O7. The van der Waals surface area contributed by atoms with Gasteiger partial charge in [-0.25, -0.2) is 4.79 Å². The number of carbonyl (C=O) groups is 5. The van der Waals surface area contributed by atoms with Crippen molar-refractivity contribution in [1.29, 1.82) is 0 Å². The van der Waals surface area contributed by atoms with Crippen molar-refractivity contribution in [2.75, 3.05) is 6.61 Å². The average Bonchev–Trinajstić information content (AvgIpc) is 3.58. The Morgan fingerprint density at radius 1 is 0.721 bits per heavy atom. The minimum atomic E-state index is -1.63. The fraction of sp³-hybridized carbons (Fsp3) is 0.276. The molecule has 0 radical (unpaired) electrons. The van der Waals surface area contributed by atoms with E-state index in [1.165, 1.54) is 0 Å². The third-order valence-electron chi connectivity index (χ3n) is 7.02. The Morgan fingerprint density at radius 2 is 1.21 bits per heavy atom. The molecule has 0 spiro atoms. The Bertz CT molecular complexity index is 1650. The average molecular weight is 592 g/mol. The van der Waals surface area contributed by atoms with Crippen LogP contribution in [0.2, 0.25) is 0 Å². The van der Waals surface area contributed by atoms with Crippen LogP contribution in [0.25, 0.3) is 21.8 Å². The topological polar surface area (TPSA) is 246 Å². The van der Waals surface area contributed by atoms with Gasteiger partial charge in [0.25, 0.3) is 0 Å². The zero-order chi connectivity index (χ0) is 31.1. The third kappa shape index (κ3) is 7.55. The van der Waals surface area contributed by atoms with E-state index < -0.39 is 66.8 Å². The van der Waals surface area contributed by atoms with E-state index in [1.807, 2.05) is 36.4 Å². The first-order valence-corrected chi connectivity index (χ1v) is 13.5. The van der Waals surface area contributed by atoms with E-state index in [1.54, 1.807) is 24.5 Å². The minimum Gasteiger partial charge on any atom is -0.480 e. The molecule has 0 aliphatic rings. The highest BCUT2D eigenvalue weighted by atomic mass is 16.4. The number of aliphatic hydroxyl groups is 1. The molecule has 2 heterocycles. The first-order chi connectivity index (χ1) is 20.6. The van der Waals surface area contributed by atoms with Gasteiger partial charge < -0.3 is 47.6 Å². The fourth-order valence-electron chi connectivity index (χ4n) is 4.78. The minimum absolute atomic E-state index is 0.0866. The summed E-state index contributed by atoms with van der Waals surface area (Å²) in [5.74, 6) is -4.91. The molecule has 0 aliphatic carbocycles. The van der Waals surface area contributed by atoms with Crippen LogP contribution in [-0.2, 0) is 36.8 Å². The van der Waals surface area contributed by atoms with Crippen molar-refractivity contribution in [3.8, 4) is 0 Å². The van der Waals surface area contributed by atoms with Gasteiger partial charge in [-0.1, -0.05) is 36.4 Å². The van der Waals surface area contributed by atoms with Crippen LogP contribution >= 0.6 is 0 Å². The van der Waals surface area contributed by atoms with Gasteiger partial charge in [0.2, 0.25) is 23.6 Å². The Balaban J connectivity index is 1.52. The number of carbonyl (C=O) groups excluding carboxylic acids is 4. The van der Waals surface area contributed by atoms with Crippen molar-refractivity contribution < 1.29 is 34.2 Å². The molecule has 226 valence electrons. The van der Waals surface area contributed by atoms with Gasteiger partial charge in [-0.3, -0.25) is 19.2 Å². The molecule has 2 aromatic heterocycles. The summed E-state index contributed by atoms with van der Waals surface area (Å²) in [6.07, 6.45) is 2.83. The Morgan fingerprint density at radius 3 is 1.74 bits per heavy atom. The molecule has 4 aromatic rings. The van der Waals surface area contributed by atoms with Gasteiger partial charge in [0.1, 0.15) is 18.1 Å². The largest absolute Gasteiger partial charge is 0.480 e. The number of primary amides is 1. The highest BCUT2D eigenvalue weighted by molar-refractivity contribution is 5.97. The van der Waals surface area contributed by atoms with E-state index in [0.29, 0.717) is 5.56 Å². The van der Waals surface area contributed by atoms with E-state index in [-0.39, 0.29) is 12.8 Å². The summed E-state index contributed by atoms with van der Waals surface area (Å²) in [6.45, 7) is -0.885. The van der Waals surface area contributed by atoms with Gasteiger partial charge in [0.15, 0.2) is 0 Å². The number of nitrogens with two attached hydrogens (primary N) is 2. The van der Waals surface area contributed by atoms with Crippen LogP contribution in [0.4, 0.5) is 0 Å². The Kier molecular flexibility index (Phi) is 9.75. The SMILES string of the molecule is NC(=O)CC(NC(=O)C(N)Cc1c[nH]c2ccccc12)C(=O)NC(Cc1c[nH]c2ccccc12)C(=O)NC(CO)C(=O)O. The number of nitrogens with one attached hydrogen (secondary N) is 5. The van der Waals surface area contributed by atoms with Crippen LogP contribution < -0.4 is 27.4 Å². The van der Waals surface area contributed by atoms with Crippen molar-refractivity contribution in [1.82, 2.24) is 25.9 Å². The van der Waals surface area contributed by atoms with Crippen LogP contribution in [0.1, 0.15) is 17.5 Å². The Hall–Kier alpha value is -5.21. The number of rotatable bonds is 14. The number of para-hydroxylation sites is 2. The number of H-pyrrole nitrogens is 2. The van der Waals surface area contributed by atoms with Crippen LogP contribution in [-0.4, -0.2) is 80.6 Å². The van der Waals surface area contributed by atoms with Crippen LogP contribution in [0.15, 0.2) is 60.9 Å². The maximum atomic E-state index is 13.4. The van der Waals surface area contributed by atoms with E-state index >= 15 is 0 Å². The molecule has 11 N–H and O–H groups in total. The molecule has 14 heteroatoms. The molecule has 0 saturated heterocycles. The molecule has 0 saturated carbocycles. The van der Waals surface area contributed by atoms with E-state index in [2.05, 4.69) is 25.9 Å². The second kappa shape index (κ2) is 13.6. The second-order valence-electron chi connectivity index (χ2n) is 10.1. The zero-order valence-corrected chi connectivity index (χ0v) is 23.0. The molecule has 4 amide bonds. The van der Waals surface area contributed by atoms with Crippen molar-refractivity contribution in [2.45, 2.75) is 43.4 Å². The van der Waals surface area contributed by atoms with Gasteiger partial charge in [0, 0.05) is 40.6 Å². The number of aromatic amines is 2. The molecule has 14 nitrogen and oxygen atoms in total. The molecule has 4 rings (SSSR count). The van der Waals surface area contributed by atoms with Crippen LogP contribution in [0, 0.1) is 0 Å². The lowest BCUT2D eigenvalue weighted by atomic mass is 10.0. The van der Waals surface area contributed by atoms with Crippen molar-refractivity contribution in [2.24, 2.45) is 11.5 Å². The molecule has 0 bridgehead atoms. The highest BCUT2D eigenvalue weighted by Gasteiger charge is 2.32. The summed E-state index contributed by atoms with van der Waals surface area (Å²) in [4.78, 5) is 69.0. The van der Waals surface area contributed by atoms with Crippen LogP contribution in [0.5, 0.6) is 0 Å². The molecule has 4 atom stereocenters. The summed E-state index contributed by atoms with van der Waals surface area (Å²) in [6, 6.07) is 9.13. The summed E-state index contributed by atoms with van der Waals surface area (Å²) in [7, 11) is 0. The monoisotopic (exact) mass is 591 g/mol. The first-order valence-electron chi connectivity index (χ1n) is 13.5. The summed E-state index contributed by atoms with van der Waals surface area (Å²) in [5, 5.41) is 27.5. The molecular weight excluding hydrogens is 558 g/mol. The summed E-state index contributed by atoms with van der Waals surface area (Å²) < 4.78 is 0. The number of carboxylic acid groups (broad SMARTS) is 1. The zero-order valence-electron chi connectivity index (χ0n) is 23.0. The van der Waals surface area contributed by atoms with Crippen molar-refractivity contribution in [3.63, 3.8) is 0 Å². The number of benzene rings is 2. The predicted molar refractivity (Wildman–Crippen MR) is 156 cm³/mol. The lowest BCUT2D eigenvalue weighted by molar-refractivity contribution is -0.143. The maximum Gasteiger partial charge on any atom is 0.328 e. The van der Waals surface area contributed by atoms with Gasteiger partial charge >= 0.3 is 5.97 Å². The molecule has 0 fully saturated rings. The fourth-order valence-corrected chi connectivity index (χ4v) is 4.78.